The first-order chi connectivity index (χ1) is 6.47. The fraction of sp³-hybridized carbons (Fsp3) is 0.909. The maximum atomic E-state index is 11.8. The van der Waals surface area contributed by atoms with Crippen molar-refractivity contribution in [3.05, 3.63) is 0 Å². The lowest BCUT2D eigenvalue weighted by Gasteiger charge is -2.27. The van der Waals surface area contributed by atoms with Gasteiger partial charge in [0.1, 0.15) is 0 Å². The average molecular weight is 196 g/mol. The molecule has 0 radical (unpaired) electrons. The van der Waals surface area contributed by atoms with E-state index in [-0.39, 0.29) is 11.3 Å². The van der Waals surface area contributed by atoms with Gasteiger partial charge >= 0.3 is 0 Å². The highest BCUT2D eigenvalue weighted by Crippen LogP contribution is 2.28. The Kier molecular flexibility index (Phi) is 2.30. The molecular formula is C11H20N2O. The standard InChI is InChI=1S/C11H20N2O/c1-11(2,3)10(14)12-9-7-13-5-4-8(9)6-13/h8-9H,4-7H2,1-3H3,(H,12,14)/t8-,9+/m0/s1. The topological polar surface area (TPSA) is 32.3 Å². The molecule has 80 valence electrons. The van der Waals surface area contributed by atoms with Crippen LogP contribution < -0.4 is 5.32 Å². The van der Waals surface area contributed by atoms with E-state index in [0.29, 0.717) is 12.0 Å². The van der Waals surface area contributed by atoms with E-state index in [2.05, 4.69) is 10.2 Å². The summed E-state index contributed by atoms with van der Waals surface area (Å²) >= 11 is 0. The Bertz CT molecular complexity index is 244. The summed E-state index contributed by atoms with van der Waals surface area (Å²) in [5.74, 6) is 0.901. The van der Waals surface area contributed by atoms with Crippen molar-refractivity contribution in [2.24, 2.45) is 11.3 Å². The second-order valence-corrected chi connectivity index (χ2v) is 5.64. The number of hydrogen-bond acceptors (Lipinski definition) is 2. The van der Waals surface area contributed by atoms with E-state index in [9.17, 15) is 4.79 Å². The highest BCUT2D eigenvalue weighted by molar-refractivity contribution is 5.81. The van der Waals surface area contributed by atoms with Crippen LogP contribution in [0.25, 0.3) is 0 Å². The molecule has 2 saturated heterocycles. The minimum Gasteiger partial charge on any atom is -0.351 e. The zero-order valence-corrected chi connectivity index (χ0v) is 9.34. The van der Waals surface area contributed by atoms with Gasteiger partial charge in [-0.2, -0.15) is 0 Å². The minimum atomic E-state index is -0.253. The molecule has 3 atom stereocenters. The number of carbonyl (C=O) groups is 1. The van der Waals surface area contributed by atoms with Crippen molar-refractivity contribution in [1.82, 2.24) is 10.2 Å². The third-order valence-electron chi connectivity index (χ3n) is 3.33. The molecule has 0 aromatic rings. The second-order valence-electron chi connectivity index (χ2n) is 5.64. The van der Waals surface area contributed by atoms with Gasteiger partial charge in [-0.3, -0.25) is 4.79 Å². The molecule has 2 bridgehead atoms. The normalized spacial score (nSPS) is 36.1. The van der Waals surface area contributed by atoms with Crippen LogP contribution in [0.2, 0.25) is 0 Å². The Morgan fingerprint density at radius 3 is 2.50 bits per heavy atom. The predicted octanol–water partition coefficient (Wildman–Crippen LogP) is 0.853. The molecule has 14 heavy (non-hydrogen) atoms. The lowest BCUT2D eigenvalue weighted by atomic mass is 9.93. The highest BCUT2D eigenvalue weighted by atomic mass is 16.2. The molecule has 1 N–H and O–H groups in total. The molecule has 2 fully saturated rings. The molecule has 0 aromatic carbocycles. The summed E-state index contributed by atoms with van der Waals surface area (Å²) in [7, 11) is 0. The number of hydrogen-bond donors (Lipinski definition) is 1. The van der Waals surface area contributed by atoms with Crippen LogP contribution in [0.3, 0.4) is 0 Å². The van der Waals surface area contributed by atoms with Crippen molar-refractivity contribution < 1.29 is 4.79 Å². The van der Waals surface area contributed by atoms with Crippen LogP contribution in [0.4, 0.5) is 0 Å². The molecule has 2 heterocycles. The fourth-order valence-corrected chi connectivity index (χ4v) is 2.33. The first-order valence-electron chi connectivity index (χ1n) is 5.50. The summed E-state index contributed by atoms with van der Waals surface area (Å²) in [6, 6.07) is 0.412. The smallest absolute Gasteiger partial charge is 0.225 e. The second kappa shape index (κ2) is 3.23. The van der Waals surface area contributed by atoms with Crippen LogP contribution in [0.1, 0.15) is 27.2 Å². The van der Waals surface area contributed by atoms with Crippen molar-refractivity contribution in [3.63, 3.8) is 0 Å². The number of nitrogens with zero attached hydrogens (tertiary/aromatic N) is 1. The number of rotatable bonds is 1. The Hall–Kier alpha value is -0.570. The van der Waals surface area contributed by atoms with Gasteiger partial charge in [0.05, 0.1) is 0 Å². The zero-order chi connectivity index (χ0) is 10.3. The molecule has 0 unspecified atom stereocenters. The minimum absolute atomic E-state index is 0.191. The number of fused-ring (bicyclic) bond motifs is 2. The number of piperidine rings is 1. The maximum absolute atomic E-state index is 11.8. The largest absolute Gasteiger partial charge is 0.351 e. The molecule has 1 amide bonds. The Morgan fingerprint density at radius 2 is 2.07 bits per heavy atom. The molecule has 2 rings (SSSR count). The van der Waals surface area contributed by atoms with Crippen LogP contribution >= 0.6 is 0 Å². The third kappa shape index (κ3) is 1.78. The summed E-state index contributed by atoms with van der Waals surface area (Å²) in [6.45, 7) is 9.38. The third-order valence-corrected chi connectivity index (χ3v) is 3.33. The van der Waals surface area contributed by atoms with Gasteiger partial charge in [-0.15, -0.1) is 0 Å². The van der Waals surface area contributed by atoms with E-state index in [1.54, 1.807) is 0 Å². The fourth-order valence-electron chi connectivity index (χ4n) is 2.33. The van der Waals surface area contributed by atoms with Crippen molar-refractivity contribution in [2.45, 2.75) is 33.2 Å². The number of carbonyl (C=O) groups excluding carboxylic acids is 1. The van der Waals surface area contributed by atoms with Gasteiger partial charge in [0.2, 0.25) is 5.91 Å². The van der Waals surface area contributed by atoms with Gasteiger partial charge in [-0.1, -0.05) is 20.8 Å². The SMILES string of the molecule is CC(C)(C)C(=O)N[C@@H]1C[N@]2CC[C@H]1C2. The van der Waals surface area contributed by atoms with Crippen LogP contribution in [0.5, 0.6) is 0 Å². The van der Waals surface area contributed by atoms with Gasteiger partial charge in [0, 0.05) is 24.5 Å². The molecule has 2 aliphatic rings. The first kappa shape index (κ1) is 9.97. The van der Waals surface area contributed by atoms with Crippen molar-refractivity contribution in [1.29, 1.82) is 0 Å². The summed E-state index contributed by atoms with van der Waals surface area (Å²) < 4.78 is 0. The summed E-state index contributed by atoms with van der Waals surface area (Å²) in [5, 5.41) is 3.17. The summed E-state index contributed by atoms with van der Waals surface area (Å²) in [6.07, 6.45) is 1.26. The lowest BCUT2D eigenvalue weighted by molar-refractivity contribution is -0.129. The molecule has 0 spiro atoms. The molecule has 0 saturated carbocycles. The predicted molar refractivity (Wildman–Crippen MR) is 55.9 cm³/mol. The molecular weight excluding hydrogens is 176 g/mol. The van der Waals surface area contributed by atoms with Crippen molar-refractivity contribution in [3.8, 4) is 0 Å². The van der Waals surface area contributed by atoms with Gasteiger partial charge in [-0.25, -0.2) is 0 Å². The summed E-state index contributed by atoms with van der Waals surface area (Å²) in [5.41, 5.74) is -0.253. The quantitative estimate of drug-likeness (QED) is 0.674. The molecule has 3 nitrogen and oxygen atoms in total. The van der Waals surface area contributed by atoms with Crippen molar-refractivity contribution >= 4 is 5.91 Å². The van der Waals surface area contributed by atoms with Crippen LogP contribution in [0, 0.1) is 11.3 Å². The monoisotopic (exact) mass is 196 g/mol. The number of amides is 1. The van der Waals surface area contributed by atoms with E-state index >= 15 is 0 Å². The summed E-state index contributed by atoms with van der Waals surface area (Å²) in [4.78, 5) is 14.2. The van der Waals surface area contributed by atoms with Crippen LogP contribution in [-0.4, -0.2) is 36.5 Å². The molecule has 3 heteroatoms. The van der Waals surface area contributed by atoms with Gasteiger partial charge in [0.25, 0.3) is 0 Å². The van der Waals surface area contributed by atoms with E-state index in [0.717, 1.165) is 6.54 Å². The van der Waals surface area contributed by atoms with Gasteiger partial charge < -0.3 is 10.2 Å². The van der Waals surface area contributed by atoms with E-state index in [1.807, 2.05) is 20.8 Å². The Morgan fingerprint density at radius 1 is 1.36 bits per heavy atom. The van der Waals surface area contributed by atoms with E-state index < -0.39 is 0 Å². The van der Waals surface area contributed by atoms with Gasteiger partial charge in [0.15, 0.2) is 0 Å². The van der Waals surface area contributed by atoms with E-state index in [1.165, 1.54) is 19.5 Å². The highest BCUT2D eigenvalue weighted by Gasteiger charge is 2.39. The van der Waals surface area contributed by atoms with Crippen LogP contribution in [0.15, 0.2) is 0 Å². The number of nitrogens with one attached hydrogen (secondary N) is 1. The molecule has 0 aliphatic carbocycles. The average Bonchev–Trinajstić information content (AvgIpc) is 2.62. The first-order valence-corrected chi connectivity index (χ1v) is 5.50. The Balaban J connectivity index is 1.90. The van der Waals surface area contributed by atoms with Gasteiger partial charge in [-0.05, 0) is 18.9 Å². The molecule has 2 aliphatic heterocycles. The van der Waals surface area contributed by atoms with Crippen molar-refractivity contribution in [2.75, 3.05) is 19.6 Å². The molecule has 0 aromatic heterocycles. The lowest BCUT2D eigenvalue weighted by Crippen LogP contribution is -2.47. The van der Waals surface area contributed by atoms with E-state index in [4.69, 9.17) is 0 Å². The Labute approximate surface area is 85.8 Å². The van der Waals surface area contributed by atoms with Crippen LogP contribution in [-0.2, 0) is 4.79 Å². The zero-order valence-electron chi connectivity index (χ0n) is 9.34. The maximum Gasteiger partial charge on any atom is 0.225 e.